The zero-order chi connectivity index (χ0) is 17.7. The average Bonchev–Trinajstić information content (AvgIpc) is 2.53. The van der Waals surface area contributed by atoms with E-state index in [0.717, 1.165) is 16.9 Å². The van der Waals surface area contributed by atoms with Gasteiger partial charge in [-0.2, -0.15) is 0 Å². The first-order valence-corrected chi connectivity index (χ1v) is 8.24. The summed E-state index contributed by atoms with van der Waals surface area (Å²) < 4.78 is 10.9. The summed E-state index contributed by atoms with van der Waals surface area (Å²) in [6.07, 6.45) is 1.04. The number of hydrogen-bond donors (Lipinski definition) is 0. The Morgan fingerprint density at radius 1 is 1.04 bits per heavy atom. The Morgan fingerprint density at radius 2 is 1.71 bits per heavy atom. The van der Waals surface area contributed by atoms with Crippen LogP contribution in [0.4, 0.5) is 0 Å². The van der Waals surface area contributed by atoms with Crippen LogP contribution in [-0.4, -0.2) is 13.1 Å². The highest BCUT2D eigenvalue weighted by atomic mass is 16.5. The molecule has 3 nitrogen and oxygen atoms in total. The third kappa shape index (κ3) is 4.85. The standard InChI is InChI=1S/C21H26O3/c1-15-6-8-16(9-7-15)10-13-20(22)24-19-12-11-17(23-5)14-18(19)21(2,3)4/h6-9,11-12,14H,10,13H2,1-5H3. The van der Waals surface area contributed by atoms with Crippen molar-refractivity contribution in [2.75, 3.05) is 7.11 Å². The van der Waals surface area contributed by atoms with Crippen LogP contribution in [0.3, 0.4) is 0 Å². The summed E-state index contributed by atoms with van der Waals surface area (Å²) >= 11 is 0. The fourth-order valence-corrected chi connectivity index (χ4v) is 2.49. The van der Waals surface area contributed by atoms with Crippen LogP contribution in [0.1, 0.15) is 43.9 Å². The lowest BCUT2D eigenvalue weighted by Crippen LogP contribution is -2.16. The number of ether oxygens (including phenoxy) is 2. The Morgan fingerprint density at radius 3 is 2.29 bits per heavy atom. The van der Waals surface area contributed by atoms with Gasteiger partial charge < -0.3 is 9.47 Å². The van der Waals surface area contributed by atoms with Crippen LogP contribution < -0.4 is 9.47 Å². The number of aryl methyl sites for hydroxylation is 2. The fourth-order valence-electron chi connectivity index (χ4n) is 2.49. The Bertz CT molecular complexity index is 694. The van der Waals surface area contributed by atoms with Crippen LogP contribution >= 0.6 is 0 Å². The third-order valence-corrected chi connectivity index (χ3v) is 3.96. The van der Waals surface area contributed by atoms with Crippen molar-refractivity contribution in [1.29, 1.82) is 0 Å². The van der Waals surface area contributed by atoms with Crippen molar-refractivity contribution < 1.29 is 14.3 Å². The van der Waals surface area contributed by atoms with Crippen molar-refractivity contribution in [2.24, 2.45) is 0 Å². The topological polar surface area (TPSA) is 35.5 Å². The van der Waals surface area contributed by atoms with Crippen molar-refractivity contribution in [3.8, 4) is 11.5 Å². The first kappa shape index (κ1) is 18.1. The second kappa shape index (κ2) is 7.52. The summed E-state index contributed by atoms with van der Waals surface area (Å²) in [5.74, 6) is 1.16. The van der Waals surface area contributed by atoms with Gasteiger partial charge in [0, 0.05) is 12.0 Å². The van der Waals surface area contributed by atoms with Gasteiger partial charge in [0.2, 0.25) is 0 Å². The minimum atomic E-state index is -0.216. The molecule has 0 spiro atoms. The highest BCUT2D eigenvalue weighted by Crippen LogP contribution is 2.34. The molecule has 0 atom stereocenters. The lowest BCUT2D eigenvalue weighted by molar-refractivity contribution is -0.134. The van der Waals surface area contributed by atoms with Gasteiger partial charge in [-0.05, 0) is 42.5 Å². The van der Waals surface area contributed by atoms with Crippen molar-refractivity contribution in [3.05, 3.63) is 59.2 Å². The summed E-state index contributed by atoms with van der Waals surface area (Å²) in [6, 6.07) is 13.8. The van der Waals surface area contributed by atoms with E-state index in [4.69, 9.17) is 9.47 Å². The van der Waals surface area contributed by atoms with E-state index in [2.05, 4.69) is 52.0 Å². The number of carbonyl (C=O) groups excluding carboxylic acids is 1. The van der Waals surface area contributed by atoms with E-state index in [1.54, 1.807) is 7.11 Å². The molecule has 0 unspecified atom stereocenters. The van der Waals surface area contributed by atoms with Gasteiger partial charge in [0.05, 0.1) is 7.11 Å². The molecular weight excluding hydrogens is 300 g/mol. The zero-order valence-corrected chi connectivity index (χ0v) is 15.2. The predicted octanol–water partition coefficient (Wildman–Crippen LogP) is 4.84. The van der Waals surface area contributed by atoms with Crippen LogP contribution in [0.5, 0.6) is 11.5 Å². The predicted molar refractivity (Wildman–Crippen MR) is 96.8 cm³/mol. The molecule has 0 amide bonds. The average molecular weight is 326 g/mol. The monoisotopic (exact) mass is 326 g/mol. The summed E-state index contributed by atoms with van der Waals surface area (Å²) in [7, 11) is 1.63. The van der Waals surface area contributed by atoms with Crippen LogP contribution in [-0.2, 0) is 16.6 Å². The van der Waals surface area contributed by atoms with E-state index in [0.29, 0.717) is 18.6 Å². The molecule has 0 N–H and O–H groups in total. The smallest absolute Gasteiger partial charge is 0.311 e. The molecule has 2 rings (SSSR count). The molecule has 0 aromatic heterocycles. The van der Waals surface area contributed by atoms with E-state index in [1.807, 2.05) is 18.2 Å². The Hall–Kier alpha value is -2.29. The molecule has 0 aliphatic heterocycles. The molecule has 0 fully saturated rings. The number of carbonyl (C=O) groups is 1. The second-order valence-electron chi connectivity index (χ2n) is 7.07. The van der Waals surface area contributed by atoms with Gasteiger partial charge in [0.15, 0.2) is 0 Å². The largest absolute Gasteiger partial charge is 0.497 e. The maximum atomic E-state index is 12.2. The summed E-state index contributed by atoms with van der Waals surface area (Å²) in [4.78, 5) is 12.2. The molecule has 0 radical (unpaired) electrons. The number of hydrogen-bond acceptors (Lipinski definition) is 3. The molecular formula is C21H26O3. The van der Waals surface area contributed by atoms with Crippen molar-refractivity contribution in [2.45, 2.75) is 46.0 Å². The number of esters is 1. The van der Waals surface area contributed by atoms with E-state index < -0.39 is 0 Å². The lowest BCUT2D eigenvalue weighted by Gasteiger charge is -2.23. The van der Waals surface area contributed by atoms with Crippen LogP contribution in [0, 0.1) is 6.92 Å². The summed E-state index contributed by atoms with van der Waals surface area (Å²) in [5.41, 5.74) is 3.18. The van der Waals surface area contributed by atoms with Gasteiger partial charge in [-0.3, -0.25) is 4.79 Å². The Balaban J connectivity index is 2.06. The van der Waals surface area contributed by atoms with E-state index in [-0.39, 0.29) is 11.4 Å². The molecule has 0 aliphatic rings. The van der Waals surface area contributed by atoms with Gasteiger partial charge in [0.25, 0.3) is 0 Å². The second-order valence-corrected chi connectivity index (χ2v) is 7.07. The van der Waals surface area contributed by atoms with Crippen LogP contribution in [0.15, 0.2) is 42.5 Å². The van der Waals surface area contributed by atoms with E-state index in [9.17, 15) is 4.79 Å². The molecule has 2 aromatic carbocycles. The normalized spacial score (nSPS) is 11.2. The van der Waals surface area contributed by atoms with Crippen molar-refractivity contribution in [1.82, 2.24) is 0 Å². The fraction of sp³-hybridized carbons (Fsp3) is 0.381. The van der Waals surface area contributed by atoms with Crippen LogP contribution in [0.2, 0.25) is 0 Å². The lowest BCUT2D eigenvalue weighted by atomic mass is 9.86. The molecule has 0 aliphatic carbocycles. The van der Waals surface area contributed by atoms with Crippen LogP contribution in [0.25, 0.3) is 0 Å². The minimum Gasteiger partial charge on any atom is -0.497 e. The maximum absolute atomic E-state index is 12.2. The maximum Gasteiger partial charge on any atom is 0.311 e. The highest BCUT2D eigenvalue weighted by Gasteiger charge is 2.21. The summed E-state index contributed by atoms with van der Waals surface area (Å²) in [5, 5.41) is 0. The summed E-state index contributed by atoms with van der Waals surface area (Å²) in [6.45, 7) is 8.32. The molecule has 24 heavy (non-hydrogen) atoms. The van der Waals surface area contributed by atoms with Crippen molar-refractivity contribution in [3.63, 3.8) is 0 Å². The molecule has 0 bridgehead atoms. The van der Waals surface area contributed by atoms with Crippen molar-refractivity contribution >= 4 is 5.97 Å². The molecule has 2 aromatic rings. The quantitative estimate of drug-likeness (QED) is 0.582. The van der Waals surface area contributed by atoms with Gasteiger partial charge in [-0.15, -0.1) is 0 Å². The third-order valence-electron chi connectivity index (χ3n) is 3.96. The molecule has 128 valence electrons. The molecule has 3 heteroatoms. The van der Waals surface area contributed by atoms with Gasteiger partial charge >= 0.3 is 5.97 Å². The first-order chi connectivity index (χ1) is 11.3. The van der Waals surface area contributed by atoms with Gasteiger partial charge in [0.1, 0.15) is 11.5 Å². The minimum absolute atomic E-state index is 0.138. The number of rotatable bonds is 5. The first-order valence-electron chi connectivity index (χ1n) is 8.24. The Kier molecular flexibility index (Phi) is 5.66. The van der Waals surface area contributed by atoms with Gasteiger partial charge in [-0.1, -0.05) is 50.6 Å². The zero-order valence-electron chi connectivity index (χ0n) is 15.2. The highest BCUT2D eigenvalue weighted by molar-refractivity contribution is 5.73. The molecule has 0 heterocycles. The van der Waals surface area contributed by atoms with E-state index in [1.165, 1.54) is 5.56 Å². The van der Waals surface area contributed by atoms with Gasteiger partial charge in [-0.25, -0.2) is 0 Å². The molecule has 0 saturated carbocycles. The SMILES string of the molecule is COc1ccc(OC(=O)CCc2ccc(C)cc2)c(C(C)(C)C)c1. The number of methoxy groups -OCH3 is 1. The van der Waals surface area contributed by atoms with E-state index >= 15 is 0 Å². The number of benzene rings is 2. The Labute approximate surface area is 144 Å². The molecule has 0 saturated heterocycles.